The van der Waals surface area contributed by atoms with Crippen molar-refractivity contribution in [1.29, 1.82) is 0 Å². The molecule has 2 aromatic carbocycles. The summed E-state index contributed by atoms with van der Waals surface area (Å²) in [6, 6.07) is 14.7. The van der Waals surface area contributed by atoms with Gasteiger partial charge in [-0.05, 0) is 68.7 Å². The molecule has 6 nitrogen and oxygen atoms in total. The van der Waals surface area contributed by atoms with Gasteiger partial charge in [0.05, 0.1) is 22.1 Å². The first kappa shape index (κ1) is 21.1. The molecule has 1 aromatic heterocycles. The first-order valence-corrected chi connectivity index (χ1v) is 10.8. The molecule has 1 saturated heterocycles. The Bertz CT molecular complexity index is 1120. The third-order valence-corrected chi connectivity index (χ3v) is 6.14. The SMILES string of the molecule is Cc1nn(-c2ccc(C(=O)NCc3cccc(C(=O)N4CCCC4)c3)cc2)c(C)c1Cl. The van der Waals surface area contributed by atoms with E-state index in [9.17, 15) is 9.59 Å². The Morgan fingerprint density at radius 1 is 1.03 bits per heavy atom. The molecule has 160 valence electrons. The first-order chi connectivity index (χ1) is 14.9. The number of benzene rings is 2. The molecule has 1 fully saturated rings. The third-order valence-electron chi connectivity index (χ3n) is 5.60. The van der Waals surface area contributed by atoms with E-state index in [4.69, 9.17) is 11.6 Å². The second-order valence-electron chi connectivity index (χ2n) is 7.83. The fourth-order valence-electron chi connectivity index (χ4n) is 3.83. The van der Waals surface area contributed by atoms with Crippen LogP contribution in [0.1, 0.15) is 50.5 Å². The minimum absolute atomic E-state index is 0.0607. The summed E-state index contributed by atoms with van der Waals surface area (Å²) >= 11 is 6.23. The van der Waals surface area contributed by atoms with Crippen LogP contribution in [0.25, 0.3) is 5.69 Å². The molecule has 3 aromatic rings. The second kappa shape index (κ2) is 8.94. The van der Waals surface area contributed by atoms with Gasteiger partial charge in [-0.1, -0.05) is 23.7 Å². The van der Waals surface area contributed by atoms with E-state index in [2.05, 4.69) is 10.4 Å². The van der Waals surface area contributed by atoms with E-state index in [1.165, 1.54) is 0 Å². The van der Waals surface area contributed by atoms with Gasteiger partial charge in [0.2, 0.25) is 0 Å². The van der Waals surface area contributed by atoms with Crippen LogP contribution in [0.5, 0.6) is 0 Å². The van der Waals surface area contributed by atoms with Gasteiger partial charge in [-0.25, -0.2) is 4.68 Å². The highest BCUT2D eigenvalue weighted by atomic mass is 35.5. The van der Waals surface area contributed by atoms with Gasteiger partial charge in [0.1, 0.15) is 0 Å². The Labute approximate surface area is 186 Å². The summed E-state index contributed by atoms with van der Waals surface area (Å²) in [7, 11) is 0. The number of rotatable bonds is 5. The van der Waals surface area contributed by atoms with Gasteiger partial charge in [-0.3, -0.25) is 9.59 Å². The number of halogens is 1. The highest BCUT2D eigenvalue weighted by Crippen LogP contribution is 2.22. The van der Waals surface area contributed by atoms with Gasteiger partial charge >= 0.3 is 0 Å². The molecule has 7 heteroatoms. The Morgan fingerprint density at radius 3 is 2.39 bits per heavy atom. The average Bonchev–Trinajstić information content (AvgIpc) is 3.42. The van der Waals surface area contributed by atoms with E-state index in [-0.39, 0.29) is 11.8 Å². The molecule has 0 radical (unpaired) electrons. The smallest absolute Gasteiger partial charge is 0.253 e. The highest BCUT2D eigenvalue weighted by molar-refractivity contribution is 6.31. The number of likely N-dealkylation sites (tertiary alicyclic amines) is 1. The maximum absolute atomic E-state index is 12.6. The van der Waals surface area contributed by atoms with Crippen molar-refractivity contribution in [1.82, 2.24) is 20.0 Å². The zero-order valence-corrected chi connectivity index (χ0v) is 18.4. The van der Waals surface area contributed by atoms with E-state index in [1.807, 2.05) is 55.1 Å². The number of carbonyl (C=O) groups excluding carboxylic acids is 2. The van der Waals surface area contributed by atoms with E-state index in [0.717, 1.165) is 48.6 Å². The van der Waals surface area contributed by atoms with Crippen molar-refractivity contribution in [3.8, 4) is 5.69 Å². The standard InChI is InChI=1S/C24H25ClN4O2/c1-16-22(25)17(2)29(27-16)21-10-8-19(9-11-21)23(30)26-15-18-6-5-7-20(14-18)24(31)28-12-3-4-13-28/h5-11,14H,3-4,12-13,15H2,1-2H3,(H,26,30). The zero-order valence-electron chi connectivity index (χ0n) is 17.7. The Morgan fingerprint density at radius 2 is 1.74 bits per heavy atom. The lowest BCUT2D eigenvalue weighted by atomic mass is 10.1. The van der Waals surface area contributed by atoms with Gasteiger partial charge in [-0.15, -0.1) is 0 Å². The van der Waals surface area contributed by atoms with Crippen LogP contribution in [-0.4, -0.2) is 39.6 Å². The van der Waals surface area contributed by atoms with Gasteiger partial charge in [0, 0.05) is 30.8 Å². The lowest BCUT2D eigenvalue weighted by molar-refractivity contribution is 0.0792. The molecule has 0 unspecified atom stereocenters. The summed E-state index contributed by atoms with van der Waals surface area (Å²) in [6.07, 6.45) is 2.12. The van der Waals surface area contributed by atoms with E-state index in [1.54, 1.807) is 16.8 Å². The largest absolute Gasteiger partial charge is 0.348 e. The molecule has 1 aliphatic heterocycles. The van der Waals surface area contributed by atoms with Gasteiger partial charge in [-0.2, -0.15) is 5.10 Å². The van der Waals surface area contributed by atoms with Crippen LogP contribution in [-0.2, 0) is 6.54 Å². The van der Waals surface area contributed by atoms with E-state index < -0.39 is 0 Å². The number of hydrogen-bond acceptors (Lipinski definition) is 3. The third kappa shape index (κ3) is 4.49. The topological polar surface area (TPSA) is 67.2 Å². The number of carbonyl (C=O) groups is 2. The van der Waals surface area contributed by atoms with Crippen molar-refractivity contribution in [2.45, 2.75) is 33.2 Å². The highest BCUT2D eigenvalue weighted by Gasteiger charge is 2.19. The van der Waals surface area contributed by atoms with Crippen molar-refractivity contribution < 1.29 is 9.59 Å². The number of aryl methyl sites for hydroxylation is 1. The summed E-state index contributed by atoms with van der Waals surface area (Å²) in [4.78, 5) is 27.1. The van der Waals surface area contributed by atoms with Crippen LogP contribution in [0.2, 0.25) is 5.02 Å². The molecule has 2 heterocycles. The molecule has 0 bridgehead atoms. The van der Waals surface area contributed by atoms with Gasteiger partial charge in [0.15, 0.2) is 0 Å². The molecule has 0 aliphatic carbocycles. The monoisotopic (exact) mass is 436 g/mol. The summed E-state index contributed by atoms with van der Waals surface area (Å²) in [5.74, 6) is -0.111. The van der Waals surface area contributed by atoms with Crippen molar-refractivity contribution >= 4 is 23.4 Å². The second-order valence-corrected chi connectivity index (χ2v) is 8.20. The van der Waals surface area contributed by atoms with Crippen molar-refractivity contribution in [2.75, 3.05) is 13.1 Å². The van der Waals surface area contributed by atoms with Crippen molar-refractivity contribution in [3.05, 3.63) is 81.6 Å². The predicted molar refractivity (Wildman–Crippen MR) is 121 cm³/mol. The number of amides is 2. The molecular weight excluding hydrogens is 412 g/mol. The summed E-state index contributed by atoms with van der Waals surface area (Å²) in [5, 5.41) is 8.01. The molecule has 4 rings (SSSR count). The van der Waals surface area contributed by atoms with Crippen LogP contribution < -0.4 is 5.32 Å². The normalized spacial score (nSPS) is 13.5. The summed E-state index contributed by atoms with van der Waals surface area (Å²) in [6.45, 7) is 5.76. The summed E-state index contributed by atoms with van der Waals surface area (Å²) in [5.41, 5.74) is 4.60. The predicted octanol–water partition coefficient (Wildman–Crippen LogP) is 4.31. The Hall–Kier alpha value is -3.12. The van der Waals surface area contributed by atoms with E-state index >= 15 is 0 Å². The minimum Gasteiger partial charge on any atom is -0.348 e. The summed E-state index contributed by atoms with van der Waals surface area (Å²) < 4.78 is 1.77. The van der Waals surface area contributed by atoms with Crippen LogP contribution in [0, 0.1) is 13.8 Å². The van der Waals surface area contributed by atoms with Crippen LogP contribution in [0.4, 0.5) is 0 Å². The Kier molecular flexibility index (Phi) is 6.09. The molecule has 1 aliphatic rings. The fraction of sp³-hybridized carbons (Fsp3) is 0.292. The zero-order chi connectivity index (χ0) is 22.0. The quantitative estimate of drug-likeness (QED) is 0.648. The van der Waals surface area contributed by atoms with Gasteiger partial charge < -0.3 is 10.2 Å². The molecule has 31 heavy (non-hydrogen) atoms. The van der Waals surface area contributed by atoms with Crippen LogP contribution in [0.3, 0.4) is 0 Å². The number of hydrogen-bond donors (Lipinski definition) is 1. The first-order valence-electron chi connectivity index (χ1n) is 10.4. The maximum atomic E-state index is 12.6. The molecule has 0 atom stereocenters. The van der Waals surface area contributed by atoms with Crippen molar-refractivity contribution in [2.24, 2.45) is 0 Å². The molecular formula is C24H25ClN4O2. The Balaban J connectivity index is 1.40. The minimum atomic E-state index is -0.172. The molecule has 2 amide bonds. The van der Waals surface area contributed by atoms with Crippen LogP contribution in [0.15, 0.2) is 48.5 Å². The number of nitrogens with zero attached hydrogens (tertiary/aromatic N) is 3. The molecule has 0 saturated carbocycles. The maximum Gasteiger partial charge on any atom is 0.253 e. The number of nitrogens with one attached hydrogen (secondary N) is 1. The van der Waals surface area contributed by atoms with E-state index in [0.29, 0.717) is 22.7 Å². The molecule has 0 spiro atoms. The van der Waals surface area contributed by atoms with Gasteiger partial charge in [0.25, 0.3) is 11.8 Å². The molecule has 1 N–H and O–H groups in total. The average molecular weight is 437 g/mol. The lowest BCUT2D eigenvalue weighted by Gasteiger charge is -2.15. The fourth-order valence-corrected chi connectivity index (χ4v) is 3.95. The van der Waals surface area contributed by atoms with Crippen LogP contribution >= 0.6 is 11.6 Å². The number of aromatic nitrogens is 2. The van der Waals surface area contributed by atoms with Crippen molar-refractivity contribution in [3.63, 3.8) is 0 Å². The lowest BCUT2D eigenvalue weighted by Crippen LogP contribution is -2.28.